The van der Waals surface area contributed by atoms with Crippen molar-refractivity contribution in [1.29, 1.82) is 0 Å². The summed E-state index contributed by atoms with van der Waals surface area (Å²) in [6.45, 7) is 15.5. The lowest BCUT2D eigenvalue weighted by molar-refractivity contribution is -0.153. The van der Waals surface area contributed by atoms with E-state index in [1.165, 1.54) is 13.0 Å². The molecule has 0 spiro atoms. The van der Waals surface area contributed by atoms with E-state index in [-0.39, 0.29) is 47.5 Å². The van der Waals surface area contributed by atoms with Crippen LogP contribution in [0.3, 0.4) is 0 Å². The smallest absolute Gasteiger partial charge is 0.331 e. The van der Waals surface area contributed by atoms with Crippen LogP contribution in [0.5, 0.6) is 0 Å². The van der Waals surface area contributed by atoms with E-state index in [0.29, 0.717) is 18.8 Å². The number of esters is 2. The minimum Gasteiger partial charge on any atom is -0.462 e. The Labute approximate surface area is 168 Å². The Morgan fingerprint density at radius 1 is 1.25 bits per heavy atom. The number of carbonyl (C=O) groups excluding carboxylic acids is 3. The maximum atomic E-state index is 12.8. The van der Waals surface area contributed by atoms with E-state index in [0.717, 1.165) is 17.6 Å². The molecule has 0 aromatic heterocycles. The summed E-state index contributed by atoms with van der Waals surface area (Å²) < 4.78 is 11.1. The molecule has 2 aliphatic carbocycles. The Balaban J connectivity index is 2.26. The minimum absolute atomic E-state index is 0.0364. The number of ether oxygens (including phenoxy) is 2. The molecule has 0 amide bonds. The summed E-state index contributed by atoms with van der Waals surface area (Å²) in [6, 6.07) is 0. The molecular formula is C23H34O5. The number of allylic oxidation sites excluding steroid dienone is 1. The van der Waals surface area contributed by atoms with Gasteiger partial charge in [0.15, 0.2) is 0 Å². The molecule has 2 aliphatic rings. The van der Waals surface area contributed by atoms with Crippen molar-refractivity contribution >= 4 is 17.7 Å². The molecule has 156 valence electrons. The van der Waals surface area contributed by atoms with Crippen LogP contribution in [0.4, 0.5) is 0 Å². The standard InChI is InChI=1S/C23H34O5/c1-8-13(4)9-21(26)28-20-11-17(12(2)3)23-18(14(20)5)10-19(25)22(23)15(6)27-16(7)24/h9,12,15,17-18,20,22-23H,5,8,10-11H2,1-4,6-7H3/b13-9+/t15-,17-,18-,20+,22-,23-/m1/s1. The number of hydrogen-bond acceptors (Lipinski definition) is 5. The molecule has 0 N–H and O–H groups in total. The van der Waals surface area contributed by atoms with E-state index < -0.39 is 6.10 Å². The highest BCUT2D eigenvalue weighted by Gasteiger charge is 2.55. The van der Waals surface area contributed by atoms with Crippen molar-refractivity contribution in [1.82, 2.24) is 0 Å². The van der Waals surface area contributed by atoms with Crippen molar-refractivity contribution in [2.24, 2.45) is 29.6 Å². The van der Waals surface area contributed by atoms with Gasteiger partial charge in [0, 0.05) is 19.4 Å². The maximum Gasteiger partial charge on any atom is 0.331 e. The minimum atomic E-state index is -0.455. The lowest BCUT2D eigenvalue weighted by atomic mass is 9.63. The molecule has 5 nitrogen and oxygen atoms in total. The Morgan fingerprint density at radius 2 is 1.89 bits per heavy atom. The second-order valence-electron chi connectivity index (χ2n) is 8.68. The van der Waals surface area contributed by atoms with Crippen molar-refractivity contribution in [2.75, 3.05) is 0 Å². The quantitative estimate of drug-likeness (QED) is 0.385. The normalized spacial score (nSPS) is 31.5. The highest BCUT2D eigenvalue weighted by atomic mass is 16.5. The van der Waals surface area contributed by atoms with Gasteiger partial charge in [-0.1, -0.05) is 32.9 Å². The molecule has 0 saturated heterocycles. The first-order valence-electron chi connectivity index (χ1n) is 10.3. The summed E-state index contributed by atoms with van der Waals surface area (Å²) in [5.74, 6) is -0.388. The molecule has 2 saturated carbocycles. The number of Topliss-reactive ketones (excluding diaryl/α,β-unsaturated/α-hetero) is 1. The zero-order valence-electron chi connectivity index (χ0n) is 18.0. The lowest BCUT2D eigenvalue weighted by Gasteiger charge is -2.44. The monoisotopic (exact) mass is 390 g/mol. The number of rotatable bonds is 6. The van der Waals surface area contributed by atoms with Crippen LogP contribution in [0, 0.1) is 29.6 Å². The maximum absolute atomic E-state index is 12.8. The van der Waals surface area contributed by atoms with E-state index in [9.17, 15) is 14.4 Å². The number of ketones is 1. The number of hydrogen-bond donors (Lipinski definition) is 0. The van der Waals surface area contributed by atoms with Crippen LogP contribution in [0.15, 0.2) is 23.8 Å². The van der Waals surface area contributed by atoms with Gasteiger partial charge in [0.2, 0.25) is 0 Å². The van der Waals surface area contributed by atoms with E-state index in [4.69, 9.17) is 9.47 Å². The summed E-state index contributed by atoms with van der Waals surface area (Å²) in [5.41, 5.74) is 1.79. The molecule has 0 unspecified atom stereocenters. The van der Waals surface area contributed by atoms with Crippen LogP contribution in [0.1, 0.15) is 60.8 Å². The van der Waals surface area contributed by atoms with Gasteiger partial charge in [-0.3, -0.25) is 9.59 Å². The summed E-state index contributed by atoms with van der Waals surface area (Å²) in [6.07, 6.45) is 2.53. The van der Waals surface area contributed by atoms with Crippen molar-refractivity contribution in [2.45, 2.75) is 73.0 Å². The fourth-order valence-corrected chi connectivity index (χ4v) is 4.92. The van der Waals surface area contributed by atoms with Crippen LogP contribution in [-0.4, -0.2) is 29.9 Å². The van der Waals surface area contributed by atoms with E-state index in [1.54, 1.807) is 6.92 Å². The molecule has 5 heteroatoms. The molecule has 0 aliphatic heterocycles. The molecular weight excluding hydrogens is 356 g/mol. The van der Waals surface area contributed by atoms with Gasteiger partial charge in [-0.05, 0) is 55.9 Å². The molecule has 0 aromatic carbocycles. The molecule has 0 radical (unpaired) electrons. The van der Waals surface area contributed by atoms with Crippen LogP contribution < -0.4 is 0 Å². The Morgan fingerprint density at radius 3 is 2.43 bits per heavy atom. The predicted molar refractivity (Wildman–Crippen MR) is 107 cm³/mol. The van der Waals surface area contributed by atoms with Gasteiger partial charge in [-0.25, -0.2) is 4.79 Å². The number of carbonyl (C=O) groups is 3. The largest absolute Gasteiger partial charge is 0.462 e. The topological polar surface area (TPSA) is 69.7 Å². The van der Waals surface area contributed by atoms with E-state index >= 15 is 0 Å². The summed E-state index contributed by atoms with van der Waals surface area (Å²) >= 11 is 0. The molecule has 2 rings (SSSR count). The fraction of sp³-hybridized carbons (Fsp3) is 0.696. The zero-order valence-corrected chi connectivity index (χ0v) is 18.0. The van der Waals surface area contributed by atoms with Crippen LogP contribution in [0.2, 0.25) is 0 Å². The Hall–Kier alpha value is -1.91. The van der Waals surface area contributed by atoms with Gasteiger partial charge >= 0.3 is 11.9 Å². The van der Waals surface area contributed by atoms with Crippen molar-refractivity contribution in [3.05, 3.63) is 23.8 Å². The average Bonchev–Trinajstić information content (AvgIpc) is 2.93. The average molecular weight is 391 g/mol. The SMILES string of the molecule is C=C1[C@@H](OC(=O)/C=C(\C)CC)C[C@H](C(C)C)[C@H]2[C@H]([C@@H](C)OC(C)=O)C(=O)C[C@H]12. The molecule has 0 aromatic rings. The molecule has 0 heterocycles. The van der Waals surface area contributed by atoms with Crippen LogP contribution in [0.25, 0.3) is 0 Å². The van der Waals surface area contributed by atoms with Crippen LogP contribution >= 0.6 is 0 Å². The zero-order chi connectivity index (χ0) is 21.2. The van der Waals surface area contributed by atoms with Gasteiger partial charge < -0.3 is 9.47 Å². The van der Waals surface area contributed by atoms with Crippen molar-refractivity contribution in [3.63, 3.8) is 0 Å². The third-order valence-electron chi connectivity index (χ3n) is 6.44. The van der Waals surface area contributed by atoms with Crippen molar-refractivity contribution in [3.8, 4) is 0 Å². The van der Waals surface area contributed by atoms with Gasteiger partial charge in [0.25, 0.3) is 0 Å². The highest BCUT2D eigenvalue weighted by molar-refractivity contribution is 5.86. The first-order chi connectivity index (χ1) is 13.1. The second kappa shape index (κ2) is 9.06. The van der Waals surface area contributed by atoms with Gasteiger partial charge in [-0.15, -0.1) is 0 Å². The van der Waals surface area contributed by atoms with Gasteiger partial charge in [0.05, 0.1) is 5.92 Å². The first-order valence-corrected chi connectivity index (χ1v) is 10.3. The molecule has 28 heavy (non-hydrogen) atoms. The molecule has 2 fully saturated rings. The summed E-state index contributed by atoms with van der Waals surface area (Å²) in [7, 11) is 0. The molecule has 0 bridgehead atoms. The van der Waals surface area contributed by atoms with Crippen molar-refractivity contribution < 1.29 is 23.9 Å². The van der Waals surface area contributed by atoms with Gasteiger partial charge in [0.1, 0.15) is 18.0 Å². The second-order valence-corrected chi connectivity index (χ2v) is 8.68. The van der Waals surface area contributed by atoms with Crippen LogP contribution in [-0.2, 0) is 23.9 Å². The summed E-state index contributed by atoms with van der Waals surface area (Å²) in [4.78, 5) is 36.6. The predicted octanol–water partition coefficient (Wildman–Crippen LogP) is 4.26. The fourth-order valence-electron chi connectivity index (χ4n) is 4.92. The van der Waals surface area contributed by atoms with E-state index in [1.807, 2.05) is 13.8 Å². The molecule has 6 atom stereocenters. The Kier molecular flexibility index (Phi) is 7.24. The third kappa shape index (κ3) is 4.73. The highest BCUT2D eigenvalue weighted by Crippen LogP contribution is 2.53. The van der Waals surface area contributed by atoms with E-state index in [2.05, 4.69) is 20.4 Å². The Bertz CT molecular complexity index is 674. The van der Waals surface area contributed by atoms with Gasteiger partial charge in [-0.2, -0.15) is 0 Å². The number of fused-ring (bicyclic) bond motifs is 1. The summed E-state index contributed by atoms with van der Waals surface area (Å²) in [5, 5.41) is 0. The first kappa shape index (κ1) is 22.4. The lowest BCUT2D eigenvalue weighted by Crippen LogP contribution is -2.44. The third-order valence-corrected chi connectivity index (χ3v) is 6.44.